The Morgan fingerprint density at radius 2 is 2.08 bits per heavy atom. The van der Waals surface area contributed by atoms with Crippen LogP contribution in [0, 0.1) is 5.82 Å². The van der Waals surface area contributed by atoms with Crippen LogP contribution in [0.1, 0.15) is 5.89 Å². The molecule has 0 aliphatic carbocycles. The molecule has 1 aromatic heterocycles. The zero-order valence-electron chi connectivity index (χ0n) is 12.6. The first-order valence-corrected chi connectivity index (χ1v) is 7.33. The van der Waals surface area contributed by atoms with E-state index < -0.39 is 5.82 Å². The number of hydrogen-bond donors (Lipinski definition) is 2. The number of nitrogens with one attached hydrogen (secondary N) is 1. The number of phenolic OH excluding ortho intramolecular Hbond substituents is 1. The molecule has 0 aliphatic rings. The van der Waals surface area contributed by atoms with Crippen molar-refractivity contribution in [1.82, 2.24) is 10.2 Å². The summed E-state index contributed by atoms with van der Waals surface area (Å²) in [6.07, 6.45) is 0. The Hall–Kier alpha value is -2.80. The van der Waals surface area contributed by atoms with E-state index in [4.69, 9.17) is 20.8 Å². The highest BCUT2D eigenvalue weighted by Gasteiger charge is 2.11. The molecule has 0 saturated carbocycles. The van der Waals surface area contributed by atoms with E-state index in [1.165, 1.54) is 25.3 Å². The molecule has 2 aromatic carbocycles. The van der Waals surface area contributed by atoms with Crippen molar-refractivity contribution >= 4 is 17.3 Å². The van der Waals surface area contributed by atoms with Crippen LogP contribution < -0.4 is 10.1 Å². The predicted octanol–water partition coefficient (Wildman–Crippen LogP) is 3.86. The summed E-state index contributed by atoms with van der Waals surface area (Å²) in [6.45, 7) is 0.254. The molecular weight excluding hydrogens is 337 g/mol. The summed E-state index contributed by atoms with van der Waals surface area (Å²) < 4.78 is 23.7. The van der Waals surface area contributed by atoms with Gasteiger partial charge in [-0.05, 0) is 36.4 Å². The first kappa shape index (κ1) is 16.1. The molecule has 0 bridgehead atoms. The van der Waals surface area contributed by atoms with Crippen LogP contribution in [0.3, 0.4) is 0 Å². The molecule has 0 saturated heterocycles. The minimum atomic E-state index is -0.483. The Morgan fingerprint density at radius 1 is 1.25 bits per heavy atom. The summed E-state index contributed by atoms with van der Waals surface area (Å²) in [4.78, 5) is 0. The molecule has 0 unspecified atom stereocenters. The molecule has 8 heteroatoms. The Balaban J connectivity index is 1.72. The van der Waals surface area contributed by atoms with E-state index in [2.05, 4.69) is 15.5 Å². The monoisotopic (exact) mass is 349 g/mol. The van der Waals surface area contributed by atoms with Gasteiger partial charge in [0, 0.05) is 11.3 Å². The molecule has 6 nitrogen and oxygen atoms in total. The number of halogens is 2. The third kappa shape index (κ3) is 3.41. The molecule has 24 heavy (non-hydrogen) atoms. The van der Waals surface area contributed by atoms with Gasteiger partial charge in [0.05, 0.1) is 18.7 Å². The molecule has 0 aliphatic heterocycles. The summed E-state index contributed by atoms with van der Waals surface area (Å²) in [6, 6.07) is 9.02. The highest BCUT2D eigenvalue weighted by molar-refractivity contribution is 6.31. The van der Waals surface area contributed by atoms with E-state index >= 15 is 0 Å². The number of ether oxygens (including phenoxy) is 1. The molecular formula is C16H13ClFN3O3. The van der Waals surface area contributed by atoms with Crippen molar-refractivity contribution in [3.63, 3.8) is 0 Å². The van der Waals surface area contributed by atoms with Crippen molar-refractivity contribution in [2.45, 2.75) is 6.54 Å². The minimum Gasteiger partial charge on any atom is -0.504 e. The van der Waals surface area contributed by atoms with Crippen LogP contribution in [0.4, 0.5) is 10.1 Å². The molecule has 0 spiro atoms. The number of benzene rings is 2. The number of hydrogen-bond acceptors (Lipinski definition) is 6. The van der Waals surface area contributed by atoms with Gasteiger partial charge in [-0.3, -0.25) is 0 Å². The van der Waals surface area contributed by atoms with Crippen LogP contribution >= 0.6 is 11.6 Å². The summed E-state index contributed by atoms with van der Waals surface area (Å²) in [5.74, 6) is 0.491. The number of methoxy groups -OCH3 is 1. The molecule has 3 rings (SSSR count). The average molecular weight is 350 g/mol. The third-order valence-corrected chi connectivity index (χ3v) is 3.55. The number of phenols is 1. The van der Waals surface area contributed by atoms with E-state index in [9.17, 15) is 9.50 Å². The molecule has 3 aromatic rings. The quantitative estimate of drug-likeness (QED) is 0.728. The largest absolute Gasteiger partial charge is 0.504 e. The van der Waals surface area contributed by atoms with E-state index in [0.717, 1.165) is 0 Å². The standard InChI is InChI=1S/C16H13ClFN3O3/c1-23-14-6-9(2-5-13(14)22)16-21-20-15(24-16)8-19-10-3-4-12(18)11(17)7-10/h2-7,19,22H,8H2,1H3. The fourth-order valence-corrected chi connectivity index (χ4v) is 2.22. The number of aromatic hydroxyl groups is 1. The summed E-state index contributed by atoms with van der Waals surface area (Å²) in [5.41, 5.74) is 1.25. The molecule has 0 atom stereocenters. The predicted molar refractivity (Wildman–Crippen MR) is 86.7 cm³/mol. The zero-order valence-corrected chi connectivity index (χ0v) is 13.3. The Labute approximate surface area is 141 Å². The van der Waals surface area contributed by atoms with Gasteiger partial charge in [0.25, 0.3) is 0 Å². The maximum atomic E-state index is 13.1. The summed E-state index contributed by atoms with van der Waals surface area (Å²) in [7, 11) is 1.45. The highest BCUT2D eigenvalue weighted by Crippen LogP contribution is 2.30. The van der Waals surface area contributed by atoms with Crippen molar-refractivity contribution in [1.29, 1.82) is 0 Å². The fourth-order valence-electron chi connectivity index (χ4n) is 2.04. The van der Waals surface area contributed by atoms with Gasteiger partial charge in [-0.15, -0.1) is 10.2 Å². The molecule has 124 valence electrons. The van der Waals surface area contributed by atoms with Gasteiger partial charge >= 0.3 is 0 Å². The van der Waals surface area contributed by atoms with Crippen LogP contribution in [-0.4, -0.2) is 22.4 Å². The summed E-state index contributed by atoms with van der Waals surface area (Å²) >= 11 is 5.72. The van der Waals surface area contributed by atoms with Gasteiger partial charge in [0.15, 0.2) is 11.5 Å². The van der Waals surface area contributed by atoms with Crippen molar-refractivity contribution in [2.75, 3.05) is 12.4 Å². The second-order valence-electron chi connectivity index (χ2n) is 4.87. The highest BCUT2D eigenvalue weighted by atomic mass is 35.5. The topological polar surface area (TPSA) is 80.4 Å². The smallest absolute Gasteiger partial charge is 0.247 e. The second kappa shape index (κ2) is 6.76. The zero-order chi connectivity index (χ0) is 17.1. The number of anilines is 1. The SMILES string of the molecule is COc1cc(-c2nnc(CNc3ccc(F)c(Cl)c3)o2)ccc1O. The van der Waals surface area contributed by atoms with Gasteiger partial charge in [-0.2, -0.15) is 0 Å². The third-order valence-electron chi connectivity index (χ3n) is 3.26. The normalized spacial score (nSPS) is 10.6. The minimum absolute atomic E-state index is 0.0239. The van der Waals surface area contributed by atoms with Crippen molar-refractivity contribution in [2.24, 2.45) is 0 Å². The number of rotatable bonds is 5. The van der Waals surface area contributed by atoms with Gasteiger partial charge < -0.3 is 19.6 Å². The second-order valence-corrected chi connectivity index (χ2v) is 5.28. The lowest BCUT2D eigenvalue weighted by Gasteiger charge is -2.04. The Kier molecular flexibility index (Phi) is 4.52. The van der Waals surface area contributed by atoms with E-state index in [-0.39, 0.29) is 17.3 Å². The van der Waals surface area contributed by atoms with Gasteiger partial charge in [0.2, 0.25) is 11.8 Å². The van der Waals surface area contributed by atoms with Gasteiger partial charge in [-0.25, -0.2) is 4.39 Å². The Morgan fingerprint density at radius 3 is 2.83 bits per heavy atom. The molecule has 0 radical (unpaired) electrons. The van der Waals surface area contributed by atoms with Gasteiger partial charge in [0.1, 0.15) is 5.82 Å². The first-order chi connectivity index (χ1) is 11.6. The van der Waals surface area contributed by atoms with Crippen LogP contribution in [0.2, 0.25) is 5.02 Å². The van der Waals surface area contributed by atoms with Crippen LogP contribution in [0.15, 0.2) is 40.8 Å². The van der Waals surface area contributed by atoms with Crippen LogP contribution in [0.25, 0.3) is 11.5 Å². The van der Waals surface area contributed by atoms with Crippen molar-refractivity contribution in [3.05, 3.63) is 53.1 Å². The lowest BCUT2D eigenvalue weighted by molar-refractivity contribution is 0.373. The number of aromatic nitrogens is 2. The average Bonchev–Trinajstić information content (AvgIpc) is 3.05. The van der Waals surface area contributed by atoms with E-state index in [1.54, 1.807) is 18.2 Å². The summed E-state index contributed by atoms with van der Waals surface area (Å²) in [5, 5.41) is 20.5. The Bertz CT molecular complexity index is 870. The molecule has 0 amide bonds. The first-order valence-electron chi connectivity index (χ1n) is 6.95. The van der Waals surface area contributed by atoms with Crippen molar-refractivity contribution in [3.8, 4) is 23.0 Å². The number of nitrogens with zero attached hydrogens (tertiary/aromatic N) is 2. The van der Waals surface area contributed by atoms with Crippen LogP contribution in [0.5, 0.6) is 11.5 Å². The van der Waals surface area contributed by atoms with Crippen molar-refractivity contribution < 1.29 is 18.7 Å². The van der Waals surface area contributed by atoms with Crippen LogP contribution in [-0.2, 0) is 6.54 Å². The maximum absolute atomic E-state index is 13.1. The molecule has 1 heterocycles. The lowest BCUT2D eigenvalue weighted by Crippen LogP contribution is -1.99. The maximum Gasteiger partial charge on any atom is 0.247 e. The fraction of sp³-hybridized carbons (Fsp3) is 0.125. The van der Waals surface area contributed by atoms with Gasteiger partial charge in [-0.1, -0.05) is 11.6 Å². The molecule has 0 fully saturated rings. The molecule has 2 N–H and O–H groups in total. The van der Waals surface area contributed by atoms with E-state index in [1.807, 2.05) is 0 Å². The van der Waals surface area contributed by atoms with E-state index in [0.29, 0.717) is 28.8 Å². The lowest BCUT2D eigenvalue weighted by atomic mass is 10.2.